The van der Waals surface area contributed by atoms with E-state index < -0.39 is 0 Å². The zero-order valence-corrected chi connectivity index (χ0v) is 14.6. The standard InChI is InChI=1S/C15H25N5O2.CH2O2/c1-11-17-14(19-18-11)10-20-6-4-12(5-7-20)9-16-15(21)13-3-2-8-22-13;2-1-3/h12-13H,2-10H2,1H3,(H,16,21)(H,17,18,19);1H,(H,2,3)/t13-;/m1./s1. The van der Waals surface area contributed by atoms with Crippen molar-refractivity contribution in [2.24, 2.45) is 5.92 Å². The number of rotatable bonds is 5. The number of carbonyl (C=O) groups excluding carboxylic acids is 1. The van der Waals surface area contributed by atoms with Gasteiger partial charge in [0.15, 0.2) is 5.82 Å². The van der Waals surface area contributed by atoms with Crippen molar-refractivity contribution in [3.8, 4) is 0 Å². The molecule has 3 heterocycles. The molecule has 0 saturated carbocycles. The van der Waals surface area contributed by atoms with E-state index in [-0.39, 0.29) is 18.5 Å². The normalized spacial score (nSPS) is 21.4. The summed E-state index contributed by atoms with van der Waals surface area (Å²) in [6.45, 7) is 6.03. The van der Waals surface area contributed by atoms with Crippen LogP contribution >= 0.6 is 0 Å². The van der Waals surface area contributed by atoms with Crippen molar-refractivity contribution in [3.05, 3.63) is 11.6 Å². The fraction of sp³-hybridized carbons (Fsp3) is 0.750. The highest BCUT2D eigenvalue weighted by Gasteiger charge is 2.25. The van der Waals surface area contributed by atoms with Gasteiger partial charge in [-0.1, -0.05) is 0 Å². The molecule has 3 rings (SSSR count). The van der Waals surface area contributed by atoms with Gasteiger partial charge < -0.3 is 15.2 Å². The number of aryl methyl sites for hydroxylation is 1. The summed E-state index contributed by atoms with van der Waals surface area (Å²) in [5.74, 6) is 2.36. The van der Waals surface area contributed by atoms with Crippen LogP contribution in [-0.4, -0.2) is 69.9 Å². The van der Waals surface area contributed by atoms with Crippen molar-refractivity contribution in [1.82, 2.24) is 25.4 Å². The van der Waals surface area contributed by atoms with Crippen molar-refractivity contribution in [3.63, 3.8) is 0 Å². The minimum Gasteiger partial charge on any atom is -0.483 e. The third-order valence-electron chi connectivity index (χ3n) is 4.50. The molecule has 0 aliphatic carbocycles. The predicted octanol–water partition coefficient (Wildman–Crippen LogP) is 0.321. The number of aromatic amines is 1. The van der Waals surface area contributed by atoms with Crippen LogP contribution < -0.4 is 5.32 Å². The van der Waals surface area contributed by atoms with Crippen molar-refractivity contribution >= 4 is 12.4 Å². The summed E-state index contributed by atoms with van der Waals surface area (Å²) < 4.78 is 5.40. The summed E-state index contributed by atoms with van der Waals surface area (Å²) in [6, 6.07) is 0. The molecule has 0 aromatic carbocycles. The van der Waals surface area contributed by atoms with Gasteiger partial charge in [0, 0.05) is 13.2 Å². The number of piperidine rings is 1. The molecule has 1 atom stereocenters. The van der Waals surface area contributed by atoms with E-state index >= 15 is 0 Å². The largest absolute Gasteiger partial charge is 0.483 e. The minimum atomic E-state index is -0.250. The van der Waals surface area contributed by atoms with Crippen LogP contribution in [0.3, 0.4) is 0 Å². The number of nitrogens with zero attached hydrogens (tertiary/aromatic N) is 3. The van der Waals surface area contributed by atoms with Crippen LogP contribution in [0.2, 0.25) is 0 Å². The van der Waals surface area contributed by atoms with E-state index in [9.17, 15) is 4.79 Å². The van der Waals surface area contributed by atoms with Crippen molar-refractivity contribution in [2.45, 2.75) is 45.3 Å². The lowest BCUT2D eigenvalue weighted by Crippen LogP contribution is -2.41. The van der Waals surface area contributed by atoms with Crippen LogP contribution in [0.5, 0.6) is 0 Å². The monoisotopic (exact) mass is 353 g/mol. The minimum absolute atomic E-state index is 0.0659. The highest BCUT2D eigenvalue weighted by molar-refractivity contribution is 5.80. The van der Waals surface area contributed by atoms with E-state index in [0.717, 1.165) is 70.1 Å². The summed E-state index contributed by atoms with van der Waals surface area (Å²) >= 11 is 0. The number of likely N-dealkylation sites (tertiary alicyclic amines) is 1. The van der Waals surface area contributed by atoms with Gasteiger partial charge in [0.25, 0.3) is 6.47 Å². The van der Waals surface area contributed by atoms with Crippen LogP contribution in [0.15, 0.2) is 0 Å². The Morgan fingerprint density at radius 3 is 2.72 bits per heavy atom. The van der Waals surface area contributed by atoms with Gasteiger partial charge in [-0.25, -0.2) is 4.98 Å². The maximum Gasteiger partial charge on any atom is 0.290 e. The first-order valence-corrected chi connectivity index (χ1v) is 8.69. The van der Waals surface area contributed by atoms with E-state index in [2.05, 4.69) is 25.4 Å². The first kappa shape index (κ1) is 19.3. The van der Waals surface area contributed by atoms with E-state index in [1.165, 1.54) is 0 Å². The quantitative estimate of drug-likeness (QED) is 0.652. The number of hydrogen-bond donors (Lipinski definition) is 3. The average Bonchev–Trinajstić information content (AvgIpc) is 3.27. The zero-order valence-electron chi connectivity index (χ0n) is 14.6. The van der Waals surface area contributed by atoms with E-state index in [4.69, 9.17) is 14.6 Å². The predicted molar refractivity (Wildman–Crippen MR) is 89.8 cm³/mol. The molecule has 1 aromatic heterocycles. The molecular formula is C16H27N5O4. The number of amides is 1. The molecule has 9 heteroatoms. The van der Waals surface area contributed by atoms with E-state index in [1.54, 1.807) is 0 Å². The Balaban J connectivity index is 0.000000701. The molecule has 9 nitrogen and oxygen atoms in total. The summed E-state index contributed by atoms with van der Waals surface area (Å²) in [6.07, 6.45) is 3.86. The van der Waals surface area contributed by atoms with Crippen molar-refractivity contribution < 1.29 is 19.4 Å². The molecule has 0 unspecified atom stereocenters. The van der Waals surface area contributed by atoms with Gasteiger partial charge in [-0.3, -0.25) is 19.6 Å². The van der Waals surface area contributed by atoms with Crippen LogP contribution in [0.4, 0.5) is 0 Å². The van der Waals surface area contributed by atoms with Crippen LogP contribution in [-0.2, 0) is 20.9 Å². The van der Waals surface area contributed by atoms with Crippen molar-refractivity contribution in [1.29, 1.82) is 0 Å². The fourth-order valence-corrected chi connectivity index (χ4v) is 3.15. The molecule has 2 saturated heterocycles. The molecule has 0 spiro atoms. The fourth-order valence-electron chi connectivity index (χ4n) is 3.15. The molecular weight excluding hydrogens is 326 g/mol. The molecule has 0 bridgehead atoms. The molecule has 0 radical (unpaired) electrons. The highest BCUT2D eigenvalue weighted by atomic mass is 16.5. The first-order valence-electron chi connectivity index (χ1n) is 8.69. The Hall–Kier alpha value is -2.00. The lowest BCUT2D eigenvalue weighted by atomic mass is 9.96. The summed E-state index contributed by atoms with van der Waals surface area (Å²) in [5.41, 5.74) is 0. The van der Waals surface area contributed by atoms with Crippen molar-refractivity contribution in [2.75, 3.05) is 26.2 Å². The second-order valence-electron chi connectivity index (χ2n) is 6.41. The third-order valence-corrected chi connectivity index (χ3v) is 4.50. The van der Waals surface area contributed by atoms with Gasteiger partial charge in [0.05, 0.1) is 6.54 Å². The van der Waals surface area contributed by atoms with Gasteiger partial charge in [-0.2, -0.15) is 5.10 Å². The van der Waals surface area contributed by atoms with Gasteiger partial charge >= 0.3 is 0 Å². The number of H-pyrrole nitrogens is 1. The van der Waals surface area contributed by atoms with Crippen LogP contribution in [0, 0.1) is 12.8 Å². The molecule has 25 heavy (non-hydrogen) atoms. The number of nitrogens with one attached hydrogen (secondary N) is 2. The molecule has 1 aromatic rings. The van der Waals surface area contributed by atoms with Crippen LogP contribution in [0.25, 0.3) is 0 Å². The van der Waals surface area contributed by atoms with E-state index in [1.807, 2.05) is 6.92 Å². The Kier molecular flexibility index (Phi) is 7.80. The maximum atomic E-state index is 11.9. The molecule has 3 N–H and O–H groups in total. The Bertz CT molecular complexity index is 536. The topological polar surface area (TPSA) is 120 Å². The molecule has 2 aliphatic rings. The first-order chi connectivity index (χ1) is 12.1. The van der Waals surface area contributed by atoms with Gasteiger partial charge in [-0.15, -0.1) is 0 Å². The number of ether oxygens (including phenoxy) is 1. The van der Waals surface area contributed by atoms with Gasteiger partial charge in [0.1, 0.15) is 11.9 Å². The smallest absolute Gasteiger partial charge is 0.290 e. The summed E-state index contributed by atoms with van der Waals surface area (Å²) in [7, 11) is 0. The number of carboxylic acid groups (broad SMARTS) is 1. The highest BCUT2D eigenvalue weighted by Crippen LogP contribution is 2.18. The summed E-state index contributed by atoms with van der Waals surface area (Å²) in [4.78, 5) is 27.0. The van der Waals surface area contributed by atoms with E-state index in [0.29, 0.717) is 5.92 Å². The number of aromatic nitrogens is 3. The van der Waals surface area contributed by atoms with Gasteiger partial charge in [-0.05, 0) is 51.6 Å². The van der Waals surface area contributed by atoms with Gasteiger partial charge in [0.2, 0.25) is 5.91 Å². The SMILES string of the molecule is Cc1nc(CN2CCC(CNC(=O)[C@H]3CCCO3)CC2)n[nH]1.O=CO. The Morgan fingerprint density at radius 1 is 1.44 bits per heavy atom. The third kappa shape index (κ3) is 6.43. The second kappa shape index (κ2) is 10.1. The molecule has 2 aliphatic heterocycles. The second-order valence-corrected chi connectivity index (χ2v) is 6.41. The lowest BCUT2D eigenvalue weighted by molar-refractivity contribution is -0.130. The maximum absolute atomic E-state index is 11.9. The zero-order chi connectivity index (χ0) is 18.1. The Morgan fingerprint density at radius 2 is 2.16 bits per heavy atom. The number of carbonyl (C=O) groups is 2. The summed E-state index contributed by atoms with van der Waals surface area (Å²) in [5, 5.41) is 17.0. The Labute approximate surface area is 147 Å². The molecule has 1 amide bonds. The number of hydrogen-bond acceptors (Lipinski definition) is 6. The molecule has 140 valence electrons. The average molecular weight is 353 g/mol. The van der Waals surface area contributed by atoms with Crippen LogP contribution in [0.1, 0.15) is 37.3 Å². The lowest BCUT2D eigenvalue weighted by Gasteiger charge is -2.31. The molecule has 2 fully saturated rings.